The zero-order chi connectivity index (χ0) is 29.1. The number of nitrogens with one attached hydrogen (secondary N) is 2. The van der Waals surface area contributed by atoms with E-state index in [1.807, 2.05) is 75.4 Å². The van der Waals surface area contributed by atoms with Crippen molar-refractivity contribution in [3.8, 4) is 11.5 Å². The van der Waals surface area contributed by atoms with Crippen molar-refractivity contribution in [3.05, 3.63) is 82.4 Å². The summed E-state index contributed by atoms with van der Waals surface area (Å²) in [5.41, 5.74) is 2.88. The summed E-state index contributed by atoms with van der Waals surface area (Å²) in [7, 11) is 3.29. The van der Waals surface area contributed by atoms with E-state index in [2.05, 4.69) is 15.2 Å². The molecular weight excluding hydrogens is 522 g/mol. The number of pyridine rings is 1. The Morgan fingerprint density at radius 3 is 2.05 bits per heavy atom. The van der Waals surface area contributed by atoms with Crippen LogP contribution in [0, 0.1) is 0 Å². The summed E-state index contributed by atoms with van der Waals surface area (Å²) in [6.07, 6.45) is 2.59. The summed E-state index contributed by atoms with van der Waals surface area (Å²) in [6.45, 7) is 6.64. The molecule has 0 bridgehead atoms. The van der Waals surface area contributed by atoms with Crippen molar-refractivity contribution >= 4 is 22.9 Å². The van der Waals surface area contributed by atoms with Crippen molar-refractivity contribution in [2.45, 2.75) is 64.4 Å². The first-order valence-electron chi connectivity index (χ1n) is 13.7. The predicted molar refractivity (Wildman–Crippen MR) is 158 cm³/mol. The lowest BCUT2D eigenvalue weighted by Gasteiger charge is -2.36. The molecule has 2 aromatic heterocycles. The summed E-state index contributed by atoms with van der Waals surface area (Å²) < 4.78 is 17.8. The van der Waals surface area contributed by atoms with Crippen LogP contribution < -0.4 is 25.4 Å². The number of anilines is 1. The molecule has 0 spiro atoms. The smallest absolute Gasteiger partial charge is 0.407 e. The van der Waals surface area contributed by atoms with Crippen molar-refractivity contribution in [3.63, 3.8) is 0 Å². The summed E-state index contributed by atoms with van der Waals surface area (Å²) in [4.78, 5) is 35.4. The number of H-pyrrole nitrogens is 1. The Hall–Kier alpha value is -4.47. The maximum atomic E-state index is 13.2. The third-order valence-electron chi connectivity index (χ3n) is 7.18. The highest BCUT2D eigenvalue weighted by Gasteiger charge is 2.35. The van der Waals surface area contributed by atoms with Gasteiger partial charge in [0.25, 0.3) is 0 Å². The van der Waals surface area contributed by atoms with E-state index in [9.17, 15) is 9.59 Å². The van der Waals surface area contributed by atoms with Gasteiger partial charge in [-0.05, 0) is 75.1 Å². The SMILES string of the molecule is COc1ccc(CN(Cc2ccc(OC)cc2)c2nccc3c2[nH]c(=O)n3C2CC(NC(=O)OC(C)(C)C)C2)cc1. The quantitative estimate of drug-likeness (QED) is 0.291. The molecule has 41 heavy (non-hydrogen) atoms. The topological polar surface area (TPSA) is 111 Å². The van der Waals surface area contributed by atoms with Gasteiger partial charge in [0.2, 0.25) is 0 Å². The van der Waals surface area contributed by atoms with E-state index in [0.29, 0.717) is 37.3 Å². The summed E-state index contributed by atoms with van der Waals surface area (Å²) >= 11 is 0. The van der Waals surface area contributed by atoms with Crippen LogP contribution in [0.1, 0.15) is 50.8 Å². The molecule has 0 saturated heterocycles. The van der Waals surface area contributed by atoms with Gasteiger partial charge in [-0.25, -0.2) is 14.6 Å². The second kappa shape index (κ2) is 11.6. The van der Waals surface area contributed by atoms with Gasteiger partial charge in [0, 0.05) is 31.4 Å². The van der Waals surface area contributed by atoms with Gasteiger partial charge < -0.3 is 29.4 Å². The van der Waals surface area contributed by atoms with Gasteiger partial charge in [0.1, 0.15) is 22.6 Å². The number of aromatic amines is 1. The minimum Gasteiger partial charge on any atom is -0.497 e. The zero-order valence-electron chi connectivity index (χ0n) is 24.1. The normalized spacial score (nSPS) is 16.6. The van der Waals surface area contributed by atoms with Crippen molar-refractivity contribution in [2.75, 3.05) is 19.1 Å². The fourth-order valence-electron chi connectivity index (χ4n) is 5.14. The molecule has 1 aliphatic rings. The molecule has 2 N–H and O–H groups in total. The van der Waals surface area contributed by atoms with Gasteiger partial charge in [0.05, 0.1) is 19.7 Å². The third-order valence-corrected chi connectivity index (χ3v) is 7.18. The van der Waals surface area contributed by atoms with Crippen LogP contribution in [-0.4, -0.2) is 46.5 Å². The number of nitrogens with zero attached hydrogens (tertiary/aromatic N) is 3. The molecule has 0 radical (unpaired) electrons. The molecule has 1 aliphatic carbocycles. The van der Waals surface area contributed by atoms with Crippen molar-refractivity contribution in [2.24, 2.45) is 0 Å². The number of methoxy groups -OCH3 is 2. The second-order valence-corrected chi connectivity index (χ2v) is 11.3. The Bertz CT molecular complexity index is 1500. The summed E-state index contributed by atoms with van der Waals surface area (Å²) in [5.74, 6) is 2.27. The molecule has 2 heterocycles. The highest BCUT2D eigenvalue weighted by molar-refractivity contribution is 5.86. The van der Waals surface area contributed by atoms with E-state index in [0.717, 1.165) is 28.1 Å². The standard InChI is InChI=1S/C31H37N5O5/c1-31(2,3)41-30(38)33-22-16-23(17-22)36-26-14-15-32-28(27(26)34-29(36)37)35(18-20-6-10-24(39-4)11-7-20)19-21-8-12-25(40-5)13-9-21/h6-15,22-23H,16-19H2,1-5H3,(H,33,38)(H,34,37). The van der Waals surface area contributed by atoms with Gasteiger partial charge in [-0.15, -0.1) is 0 Å². The number of benzene rings is 2. The number of hydrogen-bond acceptors (Lipinski definition) is 7. The zero-order valence-corrected chi connectivity index (χ0v) is 24.1. The highest BCUT2D eigenvalue weighted by atomic mass is 16.6. The minimum absolute atomic E-state index is 0.0388. The Kier molecular flexibility index (Phi) is 7.92. The largest absolute Gasteiger partial charge is 0.497 e. The van der Waals surface area contributed by atoms with Crippen LogP contribution in [-0.2, 0) is 17.8 Å². The van der Waals surface area contributed by atoms with Gasteiger partial charge in [-0.1, -0.05) is 24.3 Å². The Balaban J connectivity index is 1.42. The maximum absolute atomic E-state index is 13.2. The summed E-state index contributed by atoms with van der Waals surface area (Å²) in [5, 5.41) is 2.91. The fraction of sp³-hybridized carbons (Fsp3) is 0.387. The molecule has 1 amide bonds. The number of imidazole rings is 1. The molecule has 10 heteroatoms. The molecule has 4 aromatic rings. The average molecular weight is 560 g/mol. The number of carbonyl (C=O) groups is 1. The Labute approximate surface area is 239 Å². The molecule has 1 fully saturated rings. The lowest BCUT2D eigenvalue weighted by Crippen LogP contribution is -2.48. The number of amides is 1. The van der Waals surface area contributed by atoms with E-state index in [-0.39, 0.29) is 17.8 Å². The van der Waals surface area contributed by atoms with Crippen LogP contribution in [0.4, 0.5) is 10.6 Å². The van der Waals surface area contributed by atoms with Crippen molar-refractivity contribution in [1.29, 1.82) is 0 Å². The Morgan fingerprint density at radius 2 is 1.54 bits per heavy atom. The molecule has 10 nitrogen and oxygen atoms in total. The first-order chi connectivity index (χ1) is 19.6. The molecule has 0 aliphatic heterocycles. The molecule has 5 rings (SSSR count). The molecule has 0 atom stereocenters. The molecule has 216 valence electrons. The minimum atomic E-state index is -0.562. The Morgan fingerprint density at radius 1 is 0.976 bits per heavy atom. The number of carbonyl (C=O) groups excluding carboxylic acids is 1. The molecule has 0 unspecified atom stereocenters. The maximum Gasteiger partial charge on any atom is 0.407 e. The van der Waals surface area contributed by atoms with E-state index >= 15 is 0 Å². The lowest BCUT2D eigenvalue weighted by atomic mass is 9.86. The molecular formula is C31H37N5O5. The van der Waals surface area contributed by atoms with Crippen LogP contribution in [0.15, 0.2) is 65.6 Å². The first-order valence-corrected chi connectivity index (χ1v) is 13.7. The van der Waals surface area contributed by atoms with Gasteiger partial charge in [-0.2, -0.15) is 0 Å². The lowest BCUT2D eigenvalue weighted by molar-refractivity contribution is 0.0457. The predicted octanol–water partition coefficient (Wildman–Crippen LogP) is 5.18. The van der Waals surface area contributed by atoms with Gasteiger partial charge >= 0.3 is 11.8 Å². The first kappa shape index (κ1) is 28.1. The average Bonchev–Trinajstić information content (AvgIpc) is 3.25. The van der Waals surface area contributed by atoms with Crippen molar-refractivity contribution in [1.82, 2.24) is 19.9 Å². The van der Waals surface area contributed by atoms with Crippen LogP contribution in [0.5, 0.6) is 11.5 Å². The number of aromatic nitrogens is 3. The van der Waals surface area contributed by atoms with Gasteiger partial charge in [0.15, 0.2) is 5.82 Å². The monoisotopic (exact) mass is 559 g/mol. The number of fused-ring (bicyclic) bond motifs is 1. The third kappa shape index (κ3) is 6.48. The second-order valence-electron chi connectivity index (χ2n) is 11.3. The van der Waals surface area contributed by atoms with E-state index < -0.39 is 11.7 Å². The number of alkyl carbamates (subject to hydrolysis) is 1. The van der Waals surface area contributed by atoms with E-state index in [4.69, 9.17) is 19.2 Å². The summed E-state index contributed by atoms with van der Waals surface area (Å²) in [6, 6.07) is 17.6. The van der Waals surface area contributed by atoms with Crippen LogP contribution in [0.2, 0.25) is 0 Å². The molecule has 1 saturated carbocycles. The fourth-order valence-corrected chi connectivity index (χ4v) is 5.14. The highest BCUT2D eigenvalue weighted by Crippen LogP contribution is 2.35. The van der Waals surface area contributed by atoms with Gasteiger partial charge in [-0.3, -0.25) is 4.57 Å². The number of hydrogen-bond donors (Lipinski definition) is 2. The van der Waals surface area contributed by atoms with Crippen LogP contribution >= 0.6 is 0 Å². The van der Waals surface area contributed by atoms with Crippen molar-refractivity contribution < 1.29 is 19.0 Å². The van der Waals surface area contributed by atoms with E-state index in [1.54, 1.807) is 25.0 Å². The van der Waals surface area contributed by atoms with Crippen LogP contribution in [0.25, 0.3) is 11.0 Å². The number of rotatable bonds is 9. The number of ether oxygens (including phenoxy) is 3. The van der Waals surface area contributed by atoms with Crippen LogP contribution in [0.3, 0.4) is 0 Å². The van der Waals surface area contributed by atoms with E-state index in [1.165, 1.54) is 0 Å². The molecule has 2 aromatic carbocycles.